The summed E-state index contributed by atoms with van der Waals surface area (Å²) in [4.78, 5) is 60.8. The molecule has 6 atom stereocenters. The Morgan fingerprint density at radius 1 is 1.23 bits per heavy atom. The number of aromatic nitrogens is 2. The quantitative estimate of drug-likeness (QED) is 0.182. The van der Waals surface area contributed by atoms with Gasteiger partial charge in [-0.3, -0.25) is 28.0 Å². The van der Waals surface area contributed by atoms with Crippen molar-refractivity contribution >= 4 is 23.5 Å². The summed E-state index contributed by atoms with van der Waals surface area (Å²) in [5.41, 5.74) is -1.59. The minimum absolute atomic E-state index is 0.00469. The van der Waals surface area contributed by atoms with Crippen molar-refractivity contribution in [3.63, 3.8) is 0 Å². The van der Waals surface area contributed by atoms with Gasteiger partial charge in [0.25, 0.3) is 29.0 Å². The van der Waals surface area contributed by atoms with E-state index < -0.39 is 59.8 Å². The lowest BCUT2D eigenvalue weighted by molar-refractivity contribution is -0.251. The minimum Gasteiger partial charge on any atom is -0.756 e. The van der Waals surface area contributed by atoms with Crippen LogP contribution in [0.5, 0.6) is 0 Å². The molecule has 19 heteroatoms. The SMILES string of the molecule is C=CCOC1C[C@H](n2cc(C#CC)c(=O)[nH]c2=O)O[C@@H]1COP(=O)([O-])OP(=O)([O-])OP(=O)([O-])OC. The number of hydrogen-bond donors (Lipinski definition) is 1. The van der Waals surface area contributed by atoms with E-state index in [4.69, 9.17) is 9.47 Å². The Labute approximate surface area is 198 Å². The van der Waals surface area contributed by atoms with E-state index in [1.165, 1.54) is 13.0 Å². The van der Waals surface area contributed by atoms with Gasteiger partial charge in [0.1, 0.15) is 17.9 Å². The predicted molar refractivity (Wildman–Crippen MR) is 110 cm³/mol. The lowest BCUT2D eigenvalue weighted by atomic mass is 10.2. The van der Waals surface area contributed by atoms with Gasteiger partial charge in [-0.05, 0) is 6.92 Å². The highest BCUT2D eigenvalue weighted by Crippen LogP contribution is 2.62. The Morgan fingerprint density at radius 3 is 2.49 bits per heavy atom. The highest BCUT2D eigenvalue weighted by atomic mass is 31.3. The molecule has 0 bridgehead atoms. The Kier molecular flexibility index (Phi) is 10.2. The van der Waals surface area contributed by atoms with Crippen LogP contribution in [0.3, 0.4) is 0 Å². The van der Waals surface area contributed by atoms with Gasteiger partial charge in [0.2, 0.25) is 0 Å². The van der Waals surface area contributed by atoms with E-state index in [0.29, 0.717) is 7.11 Å². The van der Waals surface area contributed by atoms with Crippen LogP contribution in [0.25, 0.3) is 0 Å². The third kappa shape index (κ3) is 8.73. The second kappa shape index (κ2) is 12.0. The average molecular weight is 557 g/mol. The molecule has 0 saturated carbocycles. The molecular weight excluding hydrogens is 537 g/mol. The predicted octanol–water partition coefficient (Wildman–Crippen LogP) is -1.13. The largest absolute Gasteiger partial charge is 0.756 e. The van der Waals surface area contributed by atoms with Crippen molar-refractivity contribution in [3.8, 4) is 11.8 Å². The monoisotopic (exact) mass is 557 g/mol. The standard InChI is InChI=1S/C16H23N2O14P3/c1-4-6-11-9-18(16(20)17-15(11)19)14-8-12(28-7-5-2)13(30-14)10-29-34(23,24)32-35(25,26)31-33(21,22)27-3/h5,9,12-14H,2,7-8,10H2,1,3H3,(H,21,22)(H,23,24)(H,25,26)(H,17,19,20)/p-3/t12?,13-,14-/m1/s1. The van der Waals surface area contributed by atoms with Crippen LogP contribution in [0.4, 0.5) is 0 Å². The minimum atomic E-state index is -5.96. The maximum Gasteiger partial charge on any atom is 0.330 e. The average Bonchev–Trinajstić information content (AvgIpc) is 3.14. The van der Waals surface area contributed by atoms with E-state index in [9.17, 15) is 38.0 Å². The van der Waals surface area contributed by atoms with E-state index >= 15 is 0 Å². The van der Waals surface area contributed by atoms with Gasteiger partial charge >= 0.3 is 5.69 Å². The molecule has 1 aliphatic rings. The Morgan fingerprint density at radius 2 is 1.89 bits per heavy atom. The fourth-order valence-corrected chi connectivity index (χ4v) is 5.92. The number of nitrogens with zero attached hydrogens (tertiary/aromatic N) is 1. The van der Waals surface area contributed by atoms with Gasteiger partial charge in [-0.15, -0.1) is 12.5 Å². The molecule has 0 radical (unpaired) electrons. The zero-order valence-electron chi connectivity index (χ0n) is 18.2. The summed E-state index contributed by atoms with van der Waals surface area (Å²) in [5.74, 6) is 5.03. The van der Waals surface area contributed by atoms with Crippen molar-refractivity contribution in [3.05, 3.63) is 45.3 Å². The van der Waals surface area contributed by atoms with Crippen LogP contribution < -0.4 is 25.9 Å². The molecule has 2 rings (SSSR count). The van der Waals surface area contributed by atoms with Crippen molar-refractivity contribution in [1.29, 1.82) is 0 Å². The number of aromatic amines is 1. The maximum absolute atomic E-state index is 12.3. The number of H-pyrrole nitrogens is 1. The van der Waals surface area contributed by atoms with E-state index in [2.05, 4.69) is 41.1 Å². The lowest BCUT2D eigenvalue weighted by Crippen LogP contribution is -2.33. The third-order valence-corrected chi connectivity index (χ3v) is 8.28. The lowest BCUT2D eigenvalue weighted by Gasteiger charge is -2.34. The Bertz CT molecular complexity index is 1250. The van der Waals surface area contributed by atoms with Crippen molar-refractivity contribution in [1.82, 2.24) is 9.55 Å². The number of nitrogens with one attached hydrogen (secondary N) is 1. The first-order chi connectivity index (χ1) is 16.2. The van der Waals surface area contributed by atoms with Crippen LogP contribution in [-0.2, 0) is 40.8 Å². The summed E-state index contributed by atoms with van der Waals surface area (Å²) in [6.45, 7) is 4.09. The summed E-state index contributed by atoms with van der Waals surface area (Å²) in [5, 5.41) is 0. The van der Waals surface area contributed by atoms with Crippen LogP contribution in [-0.4, -0.2) is 42.1 Å². The molecule has 1 N–H and O–H groups in total. The molecule has 16 nitrogen and oxygen atoms in total. The molecule has 1 aromatic rings. The van der Waals surface area contributed by atoms with E-state index in [1.807, 2.05) is 0 Å². The van der Waals surface area contributed by atoms with E-state index in [0.717, 1.165) is 10.8 Å². The first-order valence-corrected chi connectivity index (χ1v) is 13.8. The van der Waals surface area contributed by atoms with Gasteiger partial charge in [0.05, 0.1) is 19.3 Å². The summed E-state index contributed by atoms with van der Waals surface area (Å²) in [6, 6.07) is 0. The fraction of sp³-hybridized carbons (Fsp3) is 0.500. The first kappa shape index (κ1) is 29.5. The number of ether oxygens (including phenoxy) is 2. The fourth-order valence-electron chi connectivity index (χ4n) is 2.79. The Hall–Kier alpha value is -1.69. The van der Waals surface area contributed by atoms with Crippen LogP contribution in [0.1, 0.15) is 25.1 Å². The highest BCUT2D eigenvalue weighted by Gasteiger charge is 2.39. The van der Waals surface area contributed by atoms with Gasteiger partial charge in [0, 0.05) is 19.7 Å². The number of phosphoric acid groups is 3. The smallest absolute Gasteiger partial charge is 0.330 e. The molecular formula is C16H20N2O14P3-3. The van der Waals surface area contributed by atoms with Crippen molar-refractivity contribution in [2.24, 2.45) is 0 Å². The molecule has 1 fully saturated rings. The molecule has 0 spiro atoms. The van der Waals surface area contributed by atoms with Gasteiger partial charge in [-0.1, -0.05) is 12.0 Å². The van der Waals surface area contributed by atoms with Crippen LogP contribution in [0, 0.1) is 11.8 Å². The van der Waals surface area contributed by atoms with Gasteiger partial charge in [-0.2, -0.15) is 0 Å². The van der Waals surface area contributed by atoms with E-state index in [-0.39, 0.29) is 18.6 Å². The molecule has 4 unspecified atom stereocenters. The summed E-state index contributed by atoms with van der Waals surface area (Å²) in [6.07, 6.45) is -0.623. The second-order valence-corrected chi connectivity index (χ2v) is 11.2. The summed E-state index contributed by atoms with van der Waals surface area (Å²) in [7, 11) is -16.5. The molecule has 196 valence electrons. The molecule has 1 saturated heterocycles. The molecule has 1 aliphatic heterocycles. The number of hydrogen-bond acceptors (Lipinski definition) is 14. The van der Waals surface area contributed by atoms with Gasteiger partial charge in [0.15, 0.2) is 0 Å². The second-order valence-electron chi connectivity index (χ2n) is 6.59. The van der Waals surface area contributed by atoms with Crippen LogP contribution >= 0.6 is 23.5 Å². The molecule has 0 amide bonds. The molecule has 35 heavy (non-hydrogen) atoms. The third-order valence-electron chi connectivity index (χ3n) is 4.17. The van der Waals surface area contributed by atoms with Crippen LogP contribution in [0.15, 0.2) is 28.4 Å². The number of rotatable bonds is 12. The van der Waals surface area contributed by atoms with Crippen molar-refractivity contribution < 1.29 is 55.5 Å². The van der Waals surface area contributed by atoms with Gasteiger partial charge in [-0.25, -0.2) is 13.4 Å². The molecule has 0 aliphatic carbocycles. The van der Waals surface area contributed by atoms with Crippen molar-refractivity contribution in [2.45, 2.75) is 31.8 Å². The first-order valence-electron chi connectivity index (χ1n) is 9.45. The van der Waals surface area contributed by atoms with Gasteiger partial charge < -0.3 is 33.2 Å². The Balaban J connectivity index is 2.18. The zero-order chi connectivity index (χ0) is 26.4. The molecule has 0 aromatic carbocycles. The van der Waals surface area contributed by atoms with Crippen LogP contribution in [0.2, 0.25) is 0 Å². The normalized spacial score (nSPS) is 25.0. The van der Waals surface area contributed by atoms with Crippen molar-refractivity contribution in [2.75, 3.05) is 20.3 Å². The molecule has 1 aromatic heterocycles. The molecule has 2 heterocycles. The topological polar surface area (TPSA) is 231 Å². The zero-order valence-corrected chi connectivity index (χ0v) is 20.9. The highest BCUT2D eigenvalue weighted by molar-refractivity contribution is 7.65. The summed E-state index contributed by atoms with van der Waals surface area (Å²) >= 11 is 0. The maximum atomic E-state index is 12.3. The summed E-state index contributed by atoms with van der Waals surface area (Å²) < 4.78 is 62.2. The van der Waals surface area contributed by atoms with E-state index in [1.54, 1.807) is 0 Å². The number of phosphoric ester groups is 2.